The summed E-state index contributed by atoms with van der Waals surface area (Å²) in [7, 11) is -3.22. The van der Waals surface area contributed by atoms with Gasteiger partial charge in [-0.05, 0) is 43.7 Å². The predicted octanol–water partition coefficient (Wildman–Crippen LogP) is 4.03. The number of sulfonamides is 1. The molecule has 1 rings (SSSR count). The van der Waals surface area contributed by atoms with E-state index in [1.54, 1.807) is 11.3 Å². The monoisotopic (exact) mass is 317 g/mol. The van der Waals surface area contributed by atoms with E-state index in [9.17, 15) is 8.42 Å². The summed E-state index contributed by atoms with van der Waals surface area (Å²) in [6.07, 6.45) is 0.696. The molecule has 1 atom stereocenters. The predicted molar refractivity (Wildman–Crippen MR) is 87.7 cm³/mol. The Bertz CT molecular complexity index is 530. The minimum atomic E-state index is -3.22. The lowest BCUT2D eigenvalue weighted by Crippen LogP contribution is -2.34. The van der Waals surface area contributed by atoms with E-state index in [4.69, 9.17) is 0 Å². The third kappa shape index (κ3) is 5.19. The highest BCUT2D eigenvalue weighted by atomic mass is 32.2. The summed E-state index contributed by atoms with van der Waals surface area (Å²) in [5.41, 5.74) is 1.12. The molecule has 0 aromatic carbocycles. The van der Waals surface area contributed by atoms with Gasteiger partial charge in [0.25, 0.3) is 0 Å². The molecule has 1 aromatic rings. The molecule has 0 fully saturated rings. The molecule has 0 amide bonds. The van der Waals surface area contributed by atoms with Gasteiger partial charge in [0.15, 0.2) is 0 Å². The Balaban J connectivity index is 2.91. The topological polar surface area (TPSA) is 46.2 Å². The summed E-state index contributed by atoms with van der Waals surface area (Å²) < 4.78 is 27.4. The summed E-state index contributed by atoms with van der Waals surface area (Å²) in [6.45, 7) is 12.3. The van der Waals surface area contributed by atoms with Crippen molar-refractivity contribution in [3.8, 4) is 0 Å². The minimum absolute atomic E-state index is 0.128. The second-order valence-electron chi connectivity index (χ2n) is 6.21. The zero-order chi connectivity index (χ0) is 15.5. The Morgan fingerprint density at radius 1 is 1.20 bits per heavy atom. The maximum atomic E-state index is 12.2. The van der Waals surface area contributed by atoms with Crippen LogP contribution in [0.3, 0.4) is 0 Å². The fourth-order valence-electron chi connectivity index (χ4n) is 2.16. The normalized spacial score (nSPS) is 14.2. The van der Waals surface area contributed by atoms with Gasteiger partial charge >= 0.3 is 0 Å². The van der Waals surface area contributed by atoms with Gasteiger partial charge in [0.05, 0.1) is 11.8 Å². The molecule has 0 saturated carbocycles. The Hall–Kier alpha value is -0.390. The summed E-state index contributed by atoms with van der Waals surface area (Å²) in [6, 6.07) is 1.98. The first-order valence-corrected chi connectivity index (χ1v) is 9.66. The van der Waals surface area contributed by atoms with Crippen LogP contribution in [0.15, 0.2) is 6.07 Å². The highest BCUT2D eigenvalue weighted by Crippen LogP contribution is 2.31. The van der Waals surface area contributed by atoms with Crippen molar-refractivity contribution in [1.29, 1.82) is 0 Å². The van der Waals surface area contributed by atoms with E-state index in [-0.39, 0.29) is 17.7 Å². The van der Waals surface area contributed by atoms with Gasteiger partial charge in [-0.15, -0.1) is 11.3 Å². The minimum Gasteiger partial charge on any atom is -0.212 e. The van der Waals surface area contributed by atoms with E-state index in [2.05, 4.69) is 38.5 Å². The van der Waals surface area contributed by atoms with Crippen molar-refractivity contribution in [3.05, 3.63) is 21.4 Å². The van der Waals surface area contributed by atoms with Crippen molar-refractivity contribution in [2.75, 3.05) is 5.75 Å². The van der Waals surface area contributed by atoms with E-state index in [1.807, 2.05) is 13.8 Å². The molecule has 20 heavy (non-hydrogen) atoms. The van der Waals surface area contributed by atoms with Crippen LogP contribution in [0.1, 0.15) is 55.5 Å². The van der Waals surface area contributed by atoms with Gasteiger partial charge in [-0.2, -0.15) is 0 Å². The second kappa shape index (κ2) is 7.05. The van der Waals surface area contributed by atoms with Crippen molar-refractivity contribution >= 4 is 21.4 Å². The van der Waals surface area contributed by atoms with Crippen molar-refractivity contribution in [2.24, 2.45) is 11.8 Å². The van der Waals surface area contributed by atoms with E-state index >= 15 is 0 Å². The molecule has 0 saturated heterocycles. The summed E-state index contributed by atoms with van der Waals surface area (Å²) in [5, 5.41) is 0. The van der Waals surface area contributed by atoms with Crippen LogP contribution in [0.4, 0.5) is 0 Å². The van der Waals surface area contributed by atoms with E-state index in [1.165, 1.54) is 9.75 Å². The second-order valence-corrected chi connectivity index (χ2v) is 9.54. The first-order chi connectivity index (χ1) is 9.12. The van der Waals surface area contributed by atoms with Crippen molar-refractivity contribution in [3.63, 3.8) is 0 Å². The highest BCUT2D eigenvalue weighted by molar-refractivity contribution is 7.89. The number of thiophene rings is 1. The molecule has 3 nitrogen and oxygen atoms in total. The third-order valence-electron chi connectivity index (χ3n) is 3.35. The Labute approximate surface area is 127 Å². The molecule has 0 bridgehead atoms. The first kappa shape index (κ1) is 17.7. The van der Waals surface area contributed by atoms with Crippen molar-refractivity contribution in [1.82, 2.24) is 4.72 Å². The molecule has 116 valence electrons. The van der Waals surface area contributed by atoms with Crippen molar-refractivity contribution in [2.45, 2.75) is 54.0 Å². The summed E-state index contributed by atoms with van der Waals surface area (Å²) in [5.74, 6) is 0.835. The Kier molecular flexibility index (Phi) is 6.23. The van der Waals surface area contributed by atoms with Crippen LogP contribution in [-0.4, -0.2) is 14.2 Å². The van der Waals surface area contributed by atoms with Crippen molar-refractivity contribution < 1.29 is 8.42 Å². The number of nitrogens with one attached hydrogen (secondary N) is 1. The summed E-state index contributed by atoms with van der Waals surface area (Å²) in [4.78, 5) is 2.43. The van der Waals surface area contributed by atoms with Crippen LogP contribution in [-0.2, 0) is 10.0 Å². The van der Waals surface area contributed by atoms with Gasteiger partial charge < -0.3 is 0 Å². The molecule has 0 spiro atoms. The lowest BCUT2D eigenvalue weighted by Gasteiger charge is -2.23. The smallest absolute Gasteiger partial charge is 0.212 e. The molecule has 0 aliphatic heterocycles. The molecule has 5 heteroatoms. The van der Waals surface area contributed by atoms with E-state index in [0.29, 0.717) is 12.3 Å². The molecule has 0 radical (unpaired) electrons. The first-order valence-electron chi connectivity index (χ1n) is 7.19. The third-order valence-corrected chi connectivity index (χ3v) is 5.72. The number of rotatable bonds is 7. The largest absolute Gasteiger partial charge is 0.212 e. The van der Waals surface area contributed by atoms with Crippen LogP contribution < -0.4 is 4.72 Å². The fraction of sp³-hybridized carbons (Fsp3) is 0.733. The van der Waals surface area contributed by atoms with E-state index in [0.717, 1.165) is 5.56 Å². The Morgan fingerprint density at radius 2 is 1.80 bits per heavy atom. The summed E-state index contributed by atoms with van der Waals surface area (Å²) >= 11 is 1.72. The maximum absolute atomic E-state index is 12.2. The lowest BCUT2D eigenvalue weighted by molar-refractivity contribution is 0.460. The standard InChI is InChI=1S/C15H27NO2S2/c1-10(2)7-8-20(17,18)16-15(11(3)4)14-9-12(5)19-13(14)6/h9-11,15-16H,7-8H2,1-6H3. The van der Waals surface area contributed by atoms with Crippen LogP contribution >= 0.6 is 11.3 Å². The average molecular weight is 318 g/mol. The number of hydrogen-bond donors (Lipinski definition) is 1. The molecule has 1 N–H and O–H groups in total. The van der Waals surface area contributed by atoms with Gasteiger partial charge in [-0.25, -0.2) is 13.1 Å². The molecule has 0 aliphatic carbocycles. The van der Waals surface area contributed by atoms with Gasteiger partial charge in [0.1, 0.15) is 0 Å². The SMILES string of the molecule is Cc1cc(C(NS(=O)(=O)CCC(C)C)C(C)C)c(C)s1. The molecule has 1 heterocycles. The van der Waals surface area contributed by atoms with Crippen LogP contribution in [0.25, 0.3) is 0 Å². The van der Waals surface area contributed by atoms with Gasteiger partial charge in [-0.1, -0.05) is 27.7 Å². The van der Waals surface area contributed by atoms with Crippen LogP contribution in [0, 0.1) is 25.7 Å². The van der Waals surface area contributed by atoms with Gasteiger partial charge in [0, 0.05) is 9.75 Å². The average Bonchev–Trinajstić information content (AvgIpc) is 2.62. The Morgan fingerprint density at radius 3 is 2.20 bits per heavy atom. The van der Waals surface area contributed by atoms with Crippen LogP contribution in [0.2, 0.25) is 0 Å². The zero-order valence-corrected chi connectivity index (χ0v) is 15.0. The van der Waals surface area contributed by atoms with Gasteiger partial charge in [0.2, 0.25) is 10.0 Å². The molecular formula is C15H27NO2S2. The maximum Gasteiger partial charge on any atom is 0.212 e. The number of aryl methyl sites for hydroxylation is 2. The van der Waals surface area contributed by atoms with Crippen LogP contribution in [0.5, 0.6) is 0 Å². The molecular weight excluding hydrogens is 290 g/mol. The van der Waals surface area contributed by atoms with Gasteiger partial charge in [-0.3, -0.25) is 0 Å². The molecule has 0 aliphatic rings. The quantitative estimate of drug-likeness (QED) is 0.825. The fourth-order valence-corrected chi connectivity index (χ4v) is 4.82. The number of hydrogen-bond acceptors (Lipinski definition) is 3. The zero-order valence-electron chi connectivity index (χ0n) is 13.4. The molecule has 1 aromatic heterocycles. The lowest BCUT2D eigenvalue weighted by atomic mass is 9.97. The molecule has 1 unspecified atom stereocenters. The highest BCUT2D eigenvalue weighted by Gasteiger charge is 2.24. The van der Waals surface area contributed by atoms with E-state index < -0.39 is 10.0 Å².